The second kappa shape index (κ2) is 10.7. The van der Waals surface area contributed by atoms with E-state index in [1.165, 1.54) is 11.1 Å². The summed E-state index contributed by atoms with van der Waals surface area (Å²) >= 11 is 0. The average Bonchev–Trinajstić information content (AvgIpc) is 3.16. The molecule has 0 spiro atoms. The van der Waals surface area contributed by atoms with Gasteiger partial charge in [-0.2, -0.15) is 0 Å². The molecule has 0 heterocycles. The molecule has 0 saturated heterocycles. The minimum absolute atomic E-state index is 0.00122. The van der Waals surface area contributed by atoms with Gasteiger partial charge in [0.15, 0.2) is 0 Å². The number of carbonyl (C=O) groups is 3. The predicted molar refractivity (Wildman–Crippen MR) is 125 cm³/mol. The van der Waals surface area contributed by atoms with Crippen LogP contribution >= 0.6 is 0 Å². The first-order valence-electron chi connectivity index (χ1n) is 11.7. The van der Waals surface area contributed by atoms with Crippen LogP contribution < -0.4 is 10.6 Å². The number of carboxylic acid groups (broad SMARTS) is 1. The van der Waals surface area contributed by atoms with Gasteiger partial charge in [-0.25, -0.2) is 9.59 Å². The van der Waals surface area contributed by atoms with Gasteiger partial charge in [0.1, 0.15) is 12.6 Å². The Morgan fingerprint density at radius 1 is 0.941 bits per heavy atom. The van der Waals surface area contributed by atoms with E-state index in [1.807, 2.05) is 24.3 Å². The maximum atomic E-state index is 12.5. The van der Waals surface area contributed by atoms with Gasteiger partial charge in [0.05, 0.1) is 0 Å². The first-order valence-corrected chi connectivity index (χ1v) is 11.7. The third kappa shape index (κ3) is 5.22. The number of aliphatic hydroxyl groups is 1. The number of alkyl carbamates (subject to hydrolysis) is 1. The molecule has 0 aromatic heterocycles. The van der Waals surface area contributed by atoms with Crippen LogP contribution in [0.2, 0.25) is 0 Å². The average molecular weight is 467 g/mol. The fourth-order valence-electron chi connectivity index (χ4n) is 4.98. The van der Waals surface area contributed by atoms with Crippen molar-refractivity contribution in [3.63, 3.8) is 0 Å². The molecule has 1 atom stereocenters. The third-order valence-corrected chi connectivity index (χ3v) is 6.80. The van der Waals surface area contributed by atoms with Gasteiger partial charge < -0.3 is 25.6 Å². The van der Waals surface area contributed by atoms with Crippen LogP contribution in [0.5, 0.6) is 0 Å². The lowest BCUT2D eigenvalue weighted by atomic mass is 9.85. The van der Waals surface area contributed by atoms with Crippen molar-refractivity contribution in [2.24, 2.45) is 5.92 Å². The molecule has 1 saturated carbocycles. The Labute approximate surface area is 198 Å². The van der Waals surface area contributed by atoms with Crippen LogP contribution in [0.3, 0.4) is 0 Å². The second-order valence-corrected chi connectivity index (χ2v) is 8.93. The zero-order valence-electron chi connectivity index (χ0n) is 18.9. The Morgan fingerprint density at radius 3 is 2.09 bits per heavy atom. The summed E-state index contributed by atoms with van der Waals surface area (Å²) < 4.78 is 5.60. The molecule has 34 heavy (non-hydrogen) atoms. The Morgan fingerprint density at radius 2 is 1.53 bits per heavy atom. The number of carboxylic acids is 1. The number of hydrogen-bond acceptors (Lipinski definition) is 5. The number of fused-ring (bicyclic) bond motifs is 3. The van der Waals surface area contributed by atoms with E-state index < -0.39 is 18.1 Å². The fraction of sp³-hybridized carbons (Fsp3) is 0.423. The number of aliphatic carboxylic acids is 1. The van der Waals surface area contributed by atoms with Crippen molar-refractivity contribution in [1.29, 1.82) is 0 Å². The van der Waals surface area contributed by atoms with E-state index in [0.717, 1.165) is 11.1 Å². The van der Waals surface area contributed by atoms with E-state index in [-0.39, 0.29) is 43.4 Å². The number of carbonyl (C=O) groups excluding carboxylic acids is 2. The molecule has 0 unspecified atom stereocenters. The molecule has 2 aromatic carbocycles. The van der Waals surface area contributed by atoms with E-state index in [2.05, 4.69) is 34.9 Å². The van der Waals surface area contributed by atoms with E-state index >= 15 is 0 Å². The van der Waals surface area contributed by atoms with Crippen molar-refractivity contribution in [2.45, 2.75) is 50.1 Å². The minimum atomic E-state index is -1.16. The van der Waals surface area contributed by atoms with Crippen molar-refractivity contribution < 1.29 is 29.3 Å². The number of benzene rings is 2. The molecular formula is C26H30N2O6. The molecule has 2 aliphatic rings. The van der Waals surface area contributed by atoms with Crippen molar-refractivity contribution in [2.75, 3.05) is 13.2 Å². The van der Waals surface area contributed by atoms with Gasteiger partial charge in [0.2, 0.25) is 5.91 Å². The molecular weight excluding hydrogens is 436 g/mol. The predicted octanol–water partition coefficient (Wildman–Crippen LogP) is 3.04. The molecule has 180 valence electrons. The van der Waals surface area contributed by atoms with Crippen LogP contribution in [-0.4, -0.2) is 53.5 Å². The standard InChI is InChI=1S/C26H30N2O6/c29-14-13-23(25(31)32)28-24(30)16-9-11-17(12-10-16)27-26(33)34-15-22-20-7-3-1-5-18(20)19-6-2-4-8-21(19)22/h1-8,16-17,22-23,29H,9-15H2,(H,27,33)(H,28,30)(H,31,32)/t16?,17?,23-/m0/s1. The van der Waals surface area contributed by atoms with Gasteiger partial charge in [-0.15, -0.1) is 0 Å². The van der Waals surface area contributed by atoms with E-state index in [0.29, 0.717) is 25.7 Å². The van der Waals surface area contributed by atoms with Gasteiger partial charge in [-0.05, 0) is 47.9 Å². The van der Waals surface area contributed by atoms with Crippen molar-refractivity contribution in [1.82, 2.24) is 10.6 Å². The topological polar surface area (TPSA) is 125 Å². The van der Waals surface area contributed by atoms with Crippen LogP contribution in [-0.2, 0) is 14.3 Å². The highest BCUT2D eigenvalue weighted by atomic mass is 16.5. The second-order valence-electron chi connectivity index (χ2n) is 8.93. The minimum Gasteiger partial charge on any atom is -0.480 e. The van der Waals surface area contributed by atoms with Gasteiger partial charge in [0.25, 0.3) is 0 Å². The van der Waals surface area contributed by atoms with Crippen LogP contribution in [0.1, 0.15) is 49.1 Å². The van der Waals surface area contributed by atoms with Crippen LogP contribution in [0.4, 0.5) is 4.79 Å². The van der Waals surface area contributed by atoms with Crippen molar-refractivity contribution >= 4 is 18.0 Å². The summed E-state index contributed by atoms with van der Waals surface area (Å²) in [7, 11) is 0. The Kier molecular flexibility index (Phi) is 7.47. The molecule has 4 rings (SSSR count). The molecule has 2 aromatic rings. The Balaban J connectivity index is 1.25. The van der Waals surface area contributed by atoms with Gasteiger partial charge in [0, 0.05) is 30.9 Å². The smallest absolute Gasteiger partial charge is 0.407 e. The molecule has 0 aliphatic heterocycles. The quantitative estimate of drug-likeness (QED) is 0.474. The number of ether oxygens (including phenoxy) is 1. The maximum absolute atomic E-state index is 12.5. The third-order valence-electron chi connectivity index (χ3n) is 6.80. The Hall–Kier alpha value is -3.39. The lowest BCUT2D eigenvalue weighted by Gasteiger charge is -2.29. The first-order chi connectivity index (χ1) is 16.5. The number of aliphatic hydroxyl groups excluding tert-OH is 1. The highest BCUT2D eigenvalue weighted by molar-refractivity contribution is 5.85. The van der Waals surface area contributed by atoms with Gasteiger partial charge in [-0.3, -0.25) is 4.79 Å². The van der Waals surface area contributed by atoms with E-state index in [1.54, 1.807) is 0 Å². The summed E-state index contributed by atoms with van der Waals surface area (Å²) in [5.74, 6) is -1.78. The molecule has 1 fully saturated rings. The number of nitrogens with one attached hydrogen (secondary N) is 2. The monoisotopic (exact) mass is 466 g/mol. The van der Waals surface area contributed by atoms with Crippen molar-refractivity contribution in [3.05, 3.63) is 59.7 Å². The van der Waals surface area contributed by atoms with Gasteiger partial charge in [-0.1, -0.05) is 48.5 Å². The summed E-state index contributed by atoms with van der Waals surface area (Å²) in [6, 6.07) is 15.2. The number of amides is 2. The molecule has 8 nitrogen and oxygen atoms in total. The summed E-state index contributed by atoms with van der Waals surface area (Å²) in [6.45, 7) is -0.0624. The van der Waals surface area contributed by atoms with Crippen LogP contribution in [0.25, 0.3) is 11.1 Å². The molecule has 2 aliphatic carbocycles. The summed E-state index contributed by atoms with van der Waals surface area (Å²) in [5.41, 5.74) is 4.66. The van der Waals surface area contributed by atoms with E-state index in [9.17, 15) is 14.4 Å². The number of rotatable bonds is 8. The summed E-state index contributed by atoms with van der Waals surface area (Å²) in [5, 5.41) is 23.5. The Bertz CT molecular complexity index is 1000. The van der Waals surface area contributed by atoms with Crippen molar-refractivity contribution in [3.8, 4) is 11.1 Å². The zero-order valence-corrected chi connectivity index (χ0v) is 18.9. The number of hydrogen-bond donors (Lipinski definition) is 4. The largest absolute Gasteiger partial charge is 0.480 e. The SMILES string of the molecule is O=C(NC1CCC(C(=O)N[C@@H](CCO)C(=O)O)CC1)OCC1c2ccccc2-c2ccccc21. The normalized spacial score (nSPS) is 20.0. The van der Waals surface area contributed by atoms with Crippen LogP contribution in [0.15, 0.2) is 48.5 Å². The molecule has 4 N–H and O–H groups in total. The first kappa shape index (κ1) is 23.8. The zero-order chi connectivity index (χ0) is 24.1. The van der Waals surface area contributed by atoms with Crippen LogP contribution in [0, 0.1) is 5.92 Å². The summed E-state index contributed by atoms with van der Waals surface area (Å²) in [6.07, 6.45) is 1.82. The van der Waals surface area contributed by atoms with Gasteiger partial charge >= 0.3 is 12.1 Å². The lowest BCUT2D eigenvalue weighted by Crippen LogP contribution is -2.46. The summed E-state index contributed by atoms with van der Waals surface area (Å²) in [4.78, 5) is 36.1. The van der Waals surface area contributed by atoms with E-state index in [4.69, 9.17) is 14.9 Å². The lowest BCUT2D eigenvalue weighted by molar-refractivity contribution is -0.143. The maximum Gasteiger partial charge on any atom is 0.407 e. The molecule has 0 bridgehead atoms. The molecule has 8 heteroatoms. The fourth-order valence-corrected chi connectivity index (χ4v) is 4.98. The highest BCUT2D eigenvalue weighted by Crippen LogP contribution is 2.44. The molecule has 0 radical (unpaired) electrons. The highest BCUT2D eigenvalue weighted by Gasteiger charge is 2.31. The molecule has 2 amide bonds.